The van der Waals surface area contributed by atoms with Crippen LogP contribution >= 0.6 is 0 Å². The van der Waals surface area contributed by atoms with Crippen molar-refractivity contribution in [1.82, 2.24) is 15.0 Å². The van der Waals surface area contributed by atoms with Gasteiger partial charge in [-0.05, 0) is 30.3 Å². The zero-order valence-corrected chi connectivity index (χ0v) is 13.5. The molecule has 7 heteroatoms. The maximum absolute atomic E-state index is 12.1. The smallest absolute Gasteiger partial charge is 0.417 e. The molecule has 0 unspecified atom stereocenters. The number of pyridine rings is 2. The molecular weight excluding hydrogens is 332 g/mol. The third kappa shape index (κ3) is 3.46. The molecule has 0 spiro atoms. The van der Waals surface area contributed by atoms with E-state index in [1.165, 1.54) is 6.20 Å². The van der Waals surface area contributed by atoms with Gasteiger partial charge in [0.1, 0.15) is 5.75 Å². The monoisotopic (exact) mass is 346 g/mol. The number of para-hydroxylation sites is 1. The van der Waals surface area contributed by atoms with Crippen LogP contribution in [0.1, 0.15) is 0 Å². The number of fused-ring (bicyclic) bond motifs is 1. The van der Waals surface area contributed by atoms with Crippen molar-refractivity contribution in [3.8, 4) is 17.4 Å². The van der Waals surface area contributed by atoms with E-state index in [2.05, 4.69) is 20.3 Å². The molecule has 3 aromatic heterocycles. The summed E-state index contributed by atoms with van der Waals surface area (Å²) in [5.74, 6) is 1.44. The lowest BCUT2D eigenvalue weighted by Gasteiger charge is -2.07. The zero-order valence-electron chi connectivity index (χ0n) is 13.5. The number of anilines is 1. The number of amides is 1. The number of nitrogens with zero attached hydrogens (tertiary/aromatic N) is 2. The second-order valence-corrected chi connectivity index (χ2v) is 5.39. The number of nitrogens with one attached hydrogen (secondary N) is 2. The number of hydrogen-bond donors (Lipinski definition) is 2. The van der Waals surface area contributed by atoms with E-state index < -0.39 is 6.09 Å². The average Bonchev–Trinajstić information content (AvgIpc) is 3.07. The molecule has 0 bridgehead atoms. The van der Waals surface area contributed by atoms with Gasteiger partial charge in [0, 0.05) is 29.4 Å². The number of carbonyl (C=O) groups is 1. The minimum atomic E-state index is -0.600. The second-order valence-electron chi connectivity index (χ2n) is 5.39. The van der Waals surface area contributed by atoms with Gasteiger partial charge in [-0.15, -0.1) is 0 Å². The Labute approximate surface area is 148 Å². The summed E-state index contributed by atoms with van der Waals surface area (Å²) in [6.07, 6.45) is 5.78. The normalized spacial score (nSPS) is 10.5. The number of aromatic amines is 1. The maximum Gasteiger partial charge on any atom is 0.417 e. The summed E-state index contributed by atoms with van der Waals surface area (Å²) in [5.41, 5.74) is 1.39. The van der Waals surface area contributed by atoms with Gasteiger partial charge >= 0.3 is 6.09 Å². The average molecular weight is 346 g/mol. The Morgan fingerprint density at radius 3 is 2.77 bits per heavy atom. The number of carbonyl (C=O) groups excluding carboxylic acids is 1. The van der Waals surface area contributed by atoms with Gasteiger partial charge in [-0.25, -0.2) is 9.78 Å². The van der Waals surface area contributed by atoms with E-state index in [0.717, 1.165) is 10.9 Å². The molecule has 3 heterocycles. The fourth-order valence-electron chi connectivity index (χ4n) is 2.42. The third-order valence-corrected chi connectivity index (χ3v) is 3.59. The molecule has 0 saturated heterocycles. The number of aromatic nitrogens is 3. The number of rotatable bonds is 4. The molecule has 0 radical (unpaired) electrons. The minimum Gasteiger partial charge on any atom is -0.437 e. The molecule has 0 aliphatic carbocycles. The Kier molecular flexibility index (Phi) is 4.17. The maximum atomic E-state index is 12.1. The molecule has 0 fully saturated rings. The molecule has 0 saturated carbocycles. The SMILES string of the molecule is O=C(Nc1ccc(Oc2cccnc2)nc1)Oc1c[nH]c2ccccc12. The van der Waals surface area contributed by atoms with Crippen LogP contribution in [0.5, 0.6) is 17.4 Å². The highest BCUT2D eigenvalue weighted by Crippen LogP contribution is 2.25. The predicted molar refractivity (Wildman–Crippen MR) is 96.5 cm³/mol. The van der Waals surface area contributed by atoms with Gasteiger partial charge in [-0.3, -0.25) is 10.3 Å². The molecular formula is C19H14N4O3. The van der Waals surface area contributed by atoms with Gasteiger partial charge in [0.2, 0.25) is 5.88 Å². The van der Waals surface area contributed by atoms with E-state index in [1.807, 2.05) is 24.3 Å². The van der Waals surface area contributed by atoms with Crippen molar-refractivity contribution in [2.45, 2.75) is 0 Å². The molecule has 0 aliphatic heterocycles. The summed E-state index contributed by atoms with van der Waals surface area (Å²) < 4.78 is 10.9. The van der Waals surface area contributed by atoms with Crippen molar-refractivity contribution in [3.05, 3.63) is 73.3 Å². The summed E-state index contributed by atoms with van der Waals surface area (Å²) in [5, 5.41) is 3.46. The summed E-state index contributed by atoms with van der Waals surface area (Å²) in [4.78, 5) is 23.2. The van der Waals surface area contributed by atoms with Crippen molar-refractivity contribution < 1.29 is 14.3 Å². The van der Waals surface area contributed by atoms with Crippen LogP contribution in [-0.4, -0.2) is 21.0 Å². The highest BCUT2D eigenvalue weighted by Gasteiger charge is 2.10. The highest BCUT2D eigenvalue weighted by atomic mass is 16.6. The Morgan fingerprint density at radius 1 is 1.04 bits per heavy atom. The Bertz CT molecular complexity index is 1030. The van der Waals surface area contributed by atoms with Crippen LogP contribution in [0.25, 0.3) is 10.9 Å². The Morgan fingerprint density at radius 2 is 1.96 bits per heavy atom. The molecule has 0 aliphatic rings. The standard InChI is InChI=1S/C19H14N4O3/c24-19(26-17-12-21-16-6-2-1-5-15(16)17)23-13-7-8-18(22-10-13)25-14-4-3-9-20-11-14/h1-12,21H,(H,23,24). The summed E-state index contributed by atoms with van der Waals surface area (Å²) in [7, 11) is 0. The summed E-state index contributed by atoms with van der Waals surface area (Å²) in [6.45, 7) is 0. The minimum absolute atomic E-state index is 0.397. The molecule has 2 N–H and O–H groups in total. The largest absolute Gasteiger partial charge is 0.437 e. The molecule has 1 aromatic carbocycles. The van der Waals surface area contributed by atoms with Crippen LogP contribution in [0.15, 0.2) is 73.3 Å². The molecule has 4 aromatic rings. The molecule has 0 atom stereocenters. The van der Waals surface area contributed by atoms with Crippen molar-refractivity contribution >= 4 is 22.7 Å². The second kappa shape index (κ2) is 6.94. The van der Waals surface area contributed by atoms with Crippen molar-refractivity contribution in [3.63, 3.8) is 0 Å². The van der Waals surface area contributed by atoms with Gasteiger partial charge < -0.3 is 14.5 Å². The van der Waals surface area contributed by atoms with Gasteiger partial charge in [0.15, 0.2) is 5.75 Å². The van der Waals surface area contributed by atoms with Crippen LogP contribution in [0.2, 0.25) is 0 Å². The predicted octanol–water partition coefficient (Wildman–Crippen LogP) is 4.36. The first-order valence-corrected chi connectivity index (χ1v) is 7.87. The van der Waals surface area contributed by atoms with E-state index in [9.17, 15) is 4.79 Å². The lowest BCUT2D eigenvalue weighted by atomic mass is 10.2. The lowest BCUT2D eigenvalue weighted by Crippen LogP contribution is -2.16. The van der Waals surface area contributed by atoms with Crippen LogP contribution in [0, 0.1) is 0 Å². The van der Waals surface area contributed by atoms with Crippen molar-refractivity contribution in [2.75, 3.05) is 5.32 Å². The van der Waals surface area contributed by atoms with Gasteiger partial charge in [0.25, 0.3) is 0 Å². The number of ether oxygens (including phenoxy) is 2. The lowest BCUT2D eigenvalue weighted by molar-refractivity contribution is 0.215. The van der Waals surface area contributed by atoms with Crippen molar-refractivity contribution in [2.24, 2.45) is 0 Å². The number of hydrogen-bond acceptors (Lipinski definition) is 5. The quantitative estimate of drug-likeness (QED) is 0.573. The first kappa shape index (κ1) is 15.6. The van der Waals surface area contributed by atoms with Crippen LogP contribution in [0.4, 0.5) is 10.5 Å². The van der Waals surface area contributed by atoms with Crippen molar-refractivity contribution in [1.29, 1.82) is 0 Å². The molecule has 128 valence electrons. The van der Waals surface area contributed by atoms with E-state index in [0.29, 0.717) is 23.1 Å². The van der Waals surface area contributed by atoms with E-state index in [4.69, 9.17) is 9.47 Å². The molecule has 26 heavy (non-hydrogen) atoms. The summed E-state index contributed by atoms with van der Waals surface area (Å²) >= 11 is 0. The van der Waals surface area contributed by atoms with Gasteiger partial charge in [-0.2, -0.15) is 0 Å². The Balaban J connectivity index is 1.40. The summed E-state index contributed by atoms with van der Waals surface area (Å²) in [6, 6.07) is 14.4. The molecule has 1 amide bonds. The van der Waals surface area contributed by atoms with E-state index >= 15 is 0 Å². The first-order valence-electron chi connectivity index (χ1n) is 7.87. The van der Waals surface area contributed by atoms with Crippen LogP contribution in [0.3, 0.4) is 0 Å². The van der Waals surface area contributed by atoms with Gasteiger partial charge in [-0.1, -0.05) is 12.1 Å². The molecule has 4 rings (SSSR count). The Hall–Kier alpha value is -3.87. The van der Waals surface area contributed by atoms with Gasteiger partial charge in [0.05, 0.1) is 18.1 Å². The topological polar surface area (TPSA) is 89.1 Å². The van der Waals surface area contributed by atoms with E-state index in [-0.39, 0.29) is 0 Å². The fourth-order valence-corrected chi connectivity index (χ4v) is 2.42. The van der Waals surface area contributed by atoms with Crippen LogP contribution in [-0.2, 0) is 0 Å². The zero-order chi connectivity index (χ0) is 17.8. The number of H-pyrrole nitrogens is 1. The van der Waals surface area contributed by atoms with Crippen LogP contribution < -0.4 is 14.8 Å². The fraction of sp³-hybridized carbons (Fsp3) is 0. The first-order chi connectivity index (χ1) is 12.8. The molecule has 7 nitrogen and oxygen atoms in total. The van der Waals surface area contributed by atoms with E-state index in [1.54, 1.807) is 42.9 Å². The highest BCUT2D eigenvalue weighted by molar-refractivity contribution is 5.92. The number of benzene rings is 1. The third-order valence-electron chi connectivity index (χ3n) is 3.59.